The molecule has 0 fully saturated rings. The molecule has 8 atom stereocenters. The molecule has 4 heterocycles. The zero-order chi connectivity index (χ0) is 98.6. The summed E-state index contributed by atoms with van der Waals surface area (Å²) < 4.78 is 49.0. The summed E-state index contributed by atoms with van der Waals surface area (Å²) in [5, 5.41) is -2.09. The van der Waals surface area contributed by atoms with Gasteiger partial charge in [0.1, 0.15) is 5.75 Å². The van der Waals surface area contributed by atoms with E-state index in [-0.39, 0.29) is 30.2 Å². The van der Waals surface area contributed by atoms with Crippen LogP contribution in [0.1, 0.15) is 157 Å². The molecule has 29 nitrogen and oxygen atoms in total. The quantitative estimate of drug-likeness (QED) is 0.0221. The number of fused-ring (bicyclic) bond motifs is 4. The Kier molecular flexibility index (Phi) is 40.8. The number of hydrogen-bond acceptors (Lipinski definition) is 29. The predicted octanol–water partition coefficient (Wildman–Crippen LogP) is 15.5. The van der Waals surface area contributed by atoms with Crippen LogP contribution in [0.25, 0.3) is 0 Å². The summed E-state index contributed by atoms with van der Waals surface area (Å²) in [6.07, 6.45) is -1.75. The van der Waals surface area contributed by atoms with Crippen molar-refractivity contribution >= 4 is 141 Å². The Hall–Kier alpha value is -11.6. The Morgan fingerprint density at radius 2 is 0.600 bits per heavy atom. The number of unbranched alkanes of at least 4 members (excludes halogenated alkanes) is 1. The number of methoxy groups -OCH3 is 2. The number of esters is 8. The molecule has 4 aliphatic rings. The van der Waals surface area contributed by atoms with Gasteiger partial charge in [0.2, 0.25) is 0 Å². The first-order chi connectivity index (χ1) is 64.4. The third-order valence-corrected chi connectivity index (χ3v) is 27.4. The highest BCUT2D eigenvalue weighted by molar-refractivity contribution is 8.00. The van der Waals surface area contributed by atoms with Gasteiger partial charge >= 0.3 is 47.8 Å². The average Bonchev–Trinajstić information content (AvgIpc) is 1.65. The second-order valence-electron chi connectivity index (χ2n) is 33.6. The molecular weight excluding hydrogens is 1800 g/mol. The molecule has 0 bridgehead atoms. The lowest BCUT2D eigenvalue weighted by Crippen LogP contribution is -2.45. The van der Waals surface area contributed by atoms with E-state index in [0.29, 0.717) is 137 Å². The van der Waals surface area contributed by atoms with Crippen molar-refractivity contribution in [3.8, 4) is 5.75 Å². The number of thioether (sulfide) groups is 4. The largest absolute Gasteiger partial charge is 0.481 e. The van der Waals surface area contributed by atoms with Crippen LogP contribution >= 0.6 is 47.0 Å². The van der Waals surface area contributed by atoms with Gasteiger partial charge in [-0.15, -0.1) is 47.0 Å². The van der Waals surface area contributed by atoms with Gasteiger partial charge in [-0.2, -0.15) is 0 Å². The molecule has 0 N–H and O–H groups in total. The van der Waals surface area contributed by atoms with Crippen LogP contribution in [0, 0.1) is 27.7 Å². The molecule has 8 aromatic carbocycles. The van der Waals surface area contributed by atoms with E-state index < -0.39 is 93.2 Å². The fourth-order valence-corrected chi connectivity index (χ4v) is 20.3. The monoisotopic (exact) mass is 1920 g/mol. The van der Waals surface area contributed by atoms with Crippen molar-refractivity contribution in [2.24, 2.45) is 0 Å². The summed E-state index contributed by atoms with van der Waals surface area (Å²) in [6.45, 7) is 21.4. The Morgan fingerprint density at radius 1 is 0.333 bits per heavy atom. The third kappa shape index (κ3) is 29.2. The van der Waals surface area contributed by atoms with Crippen molar-refractivity contribution < 1.29 is 100 Å². The van der Waals surface area contributed by atoms with Crippen molar-refractivity contribution in [3.63, 3.8) is 0 Å². The van der Waals surface area contributed by atoms with Crippen LogP contribution in [0.3, 0.4) is 0 Å². The molecule has 0 aromatic heterocycles. The molecule has 0 aliphatic carbocycles. The van der Waals surface area contributed by atoms with Crippen LogP contribution in [0.2, 0.25) is 0 Å². The van der Waals surface area contributed by atoms with Crippen molar-refractivity contribution in [1.82, 2.24) is 19.6 Å². The zero-order valence-corrected chi connectivity index (χ0v) is 83.7. The summed E-state index contributed by atoms with van der Waals surface area (Å²) >= 11 is 5.46. The van der Waals surface area contributed by atoms with Gasteiger partial charge in [-0.1, -0.05) is 164 Å². The summed E-state index contributed by atoms with van der Waals surface area (Å²) in [6, 6.07) is 52.3. The van der Waals surface area contributed by atoms with Crippen LogP contribution < -0.4 is 24.3 Å². The first-order valence-corrected chi connectivity index (χ1v) is 48.0. The number of likely N-dealkylation sites (N-methyl/N-ethyl adjacent to an activating group) is 4. The number of rotatable bonds is 31. The smallest absolute Gasteiger partial charge is 0.343 e. The van der Waals surface area contributed by atoms with Gasteiger partial charge in [-0.05, 0) is 168 Å². The summed E-state index contributed by atoms with van der Waals surface area (Å²) in [5.41, 5.74) is 11.4. The van der Waals surface area contributed by atoms with Gasteiger partial charge < -0.3 is 81.8 Å². The lowest BCUT2D eigenvalue weighted by molar-refractivity contribution is -0.153. The molecule has 4 aliphatic heterocycles. The Balaban J connectivity index is 0.000000202. The van der Waals surface area contributed by atoms with Gasteiger partial charge in [-0.25, -0.2) is 19.2 Å². The van der Waals surface area contributed by atoms with Gasteiger partial charge in [0.05, 0.1) is 92.8 Å². The summed E-state index contributed by atoms with van der Waals surface area (Å²) in [5.74, 6) is -4.76. The fourth-order valence-electron chi connectivity index (χ4n) is 14.6. The number of carbonyl (C=O) groups excluding carboxylic acids is 12. The third-order valence-electron chi connectivity index (χ3n) is 21.7. The molecular formula is C102H124N8O21S4. The van der Waals surface area contributed by atoms with Crippen LogP contribution in [0.4, 0.5) is 22.7 Å². The first kappa shape index (κ1) is 107. The number of benzene rings is 8. The molecule has 0 saturated heterocycles. The molecule has 0 radical (unpaired) electrons. The van der Waals surface area contributed by atoms with E-state index in [1.807, 2.05) is 239 Å². The molecule has 0 spiro atoms. The molecule has 8 aromatic rings. The van der Waals surface area contributed by atoms with Crippen molar-refractivity contribution in [2.45, 2.75) is 153 Å². The molecule has 33 heteroatoms. The number of anilines is 4. The van der Waals surface area contributed by atoms with Gasteiger partial charge in [0, 0.05) is 94.7 Å². The van der Waals surface area contributed by atoms with E-state index in [9.17, 15) is 57.5 Å². The van der Waals surface area contributed by atoms with Gasteiger partial charge in [-0.3, -0.25) is 38.4 Å². The van der Waals surface area contributed by atoms with E-state index in [1.54, 1.807) is 68.1 Å². The normalized spacial score (nSPS) is 17.8. The van der Waals surface area contributed by atoms with Gasteiger partial charge in [0.15, 0.2) is 31.0 Å². The second kappa shape index (κ2) is 51.4. The van der Waals surface area contributed by atoms with Crippen molar-refractivity contribution in [1.29, 1.82) is 0 Å². The van der Waals surface area contributed by atoms with Crippen molar-refractivity contribution in [2.75, 3.05) is 162 Å². The maximum Gasteiger partial charge on any atom is 0.343 e. The van der Waals surface area contributed by atoms with Crippen LogP contribution in [-0.2, 0) is 81.0 Å². The Bertz CT molecular complexity index is 5470. The predicted molar refractivity (Wildman–Crippen MR) is 525 cm³/mol. The highest BCUT2D eigenvalue weighted by Crippen LogP contribution is 2.54. The van der Waals surface area contributed by atoms with E-state index >= 15 is 0 Å². The van der Waals surface area contributed by atoms with Gasteiger partial charge in [0.25, 0.3) is 23.6 Å². The van der Waals surface area contributed by atoms with Crippen LogP contribution in [-0.4, -0.2) is 258 Å². The van der Waals surface area contributed by atoms with E-state index in [0.717, 1.165) is 57.3 Å². The number of aryl methyl sites for hydroxylation is 4. The van der Waals surface area contributed by atoms with Crippen LogP contribution in [0.5, 0.6) is 5.75 Å². The number of hydrogen-bond donors (Lipinski definition) is 0. The maximum absolute atomic E-state index is 13.9. The summed E-state index contributed by atoms with van der Waals surface area (Å²) in [7, 11) is 18.0. The lowest BCUT2D eigenvalue weighted by atomic mass is 10.0. The number of nitrogens with zero attached hydrogens (tertiary/aromatic N) is 8. The molecule has 4 amide bonds. The molecule has 0 saturated carbocycles. The molecule has 0 unspecified atom stereocenters. The SMILES string of the molecule is CCCCOC(=O)c1cccc2c1S[C@@H](c1ccc(C)cc1)[C@@H](OC(C)=O)C(=O)N2CCN(C)C.CCCOC(=O)c1cccc2c1S[C@@H](c1ccc(C)cc1)[C@@H](OC(C)=O)C(=O)N2CCN(C)C.COC(=O)COc1cccc2c1S[C@@H](c1ccc(C)cc1)[C@@H](OC(C)=O)C(=O)N2CCN(C)C.COC(=O)c1cccc2c1S[C@@H](c1ccc(C)cc1)[C@@H](OC(C)=O)C(=O)N2CCN(C)C. The zero-order valence-electron chi connectivity index (χ0n) is 80.5. The maximum atomic E-state index is 13.9. The number of carbonyl (C=O) groups is 12. The minimum absolute atomic E-state index is 0.262. The van der Waals surface area contributed by atoms with E-state index in [1.165, 1.54) is 89.0 Å². The standard InChI is InChI=1S/C27H34N2O5S.C26H32N2O5S.C25H30N2O6S.C24H28N2O5S/c1-6-7-17-33-27(32)21-9-8-10-22-25(21)35-24(20-13-11-18(2)12-14-20)23(34-19(3)30)26(31)29(22)16-15-28(4)5;1-6-16-32-26(31)20-8-7-9-21-24(20)34-23(19-12-10-17(2)11-13-19)22(33-18(3)29)25(30)28(21)15-14-27(4)5;1-16-9-11-18(12-10-16)23-22(33-17(2)28)25(30)27(14-13-26(3)4)19-7-6-8-20(24(19)34-23)32-15-21(29)31-5;1-15-9-11-17(12-10-15)21-20(31-16(2)27)23(28)26(14-13-25(3)4)19-8-6-7-18(22(19)32-21)24(29)30-5/h8-14,23-24H,6-7,15-17H2,1-5H3;7-13,22-23H,6,14-16H2,1-5H3;6-12,22-23H,13-15H2,1-5H3;6-12,20-21H,13-14H2,1-5H3/t23-,24+;2*22-,23+;20-,21+/m1111/s1. The topological polar surface area (TPSA) is 314 Å². The minimum atomic E-state index is -1.04. The van der Waals surface area contributed by atoms with E-state index in [4.69, 9.17) is 42.6 Å². The average molecular weight is 1930 g/mol. The van der Waals surface area contributed by atoms with Crippen molar-refractivity contribution in [3.05, 3.63) is 231 Å². The Morgan fingerprint density at radius 3 is 0.859 bits per heavy atom. The molecule has 722 valence electrons. The molecule has 135 heavy (non-hydrogen) atoms. The first-order valence-electron chi connectivity index (χ1n) is 44.5. The lowest BCUT2D eigenvalue weighted by Gasteiger charge is -2.28. The number of amides is 4. The minimum Gasteiger partial charge on any atom is -0.481 e. The van der Waals surface area contributed by atoms with Crippen LogP contribution in [0.15, 0.2) is 189 Å². The highest BCUT2D eigenvalue weighted by Gasteiger charge is 2.47. The number of ether oxygens (including phenoxy) is 9. The Labute approximate surface area is 808 Å². The highest BCUT2D eigenvalue weighted by atomic mass is 32.2. The molecule has 12 rings (SSSR count). The summed E-state index contributed by atoms with van der Waals surface area (Å²) in [4.78, 5) is 171. The van der Waals surface area contributed by atoms with E-state index in [2.05, 4.69) is 0 Å². The second-order valence-corrected chi connectivity index (χ2v) is 38.2. The fraction of sp³-hybridized carbons (Fsp3) is 0.412.